The number of hydrogen-bond donors (Lipinski definition) is 1. The van der Waals surface area contributed by atoms with Gasteiger partial charge in [-0.15, -0.1) is 0 Å². The molecule has 18 heavy (non-hydrogen) atoms. The molecule has 0 radical (unpaired) electrons. The van der Waals surface area contributed by atoms with Gasteiger partial charge in [0.05, 0.1) is 10.6 Å². The van der Waals surface area contributed by atoms with Crippen LogP contribution in [0.3, 0.4) is 0 Å². The van der Waals surface area contributed by atoms with Crippen LogP contribution in [0.4, 0.5) is 5.00 Å². The van der Waals surface area contributed by atoms with Gasteiger partial charge in [-0.05, 0) is 19.1 Å². The van der Waals surface area contributed by atoms with Crippen LogP contribution in [0.15, 0.2) is 24.4 Å². The second-order valence-electron chi connectivity index (χ2n) is 3.70. The summed E-state index contributed by atoms with van der Waals surface area (Å²) in [7, 11) is 0. The minimum atomic E-state index is -0.373. The van der Waals surface area contributed by atoms with Crippen LogP contribution < -0.4 is 5.32 Å². The first-order valence-corrected chi connectivity index (χ1v) is 6.19. The first kappa shape index (κ1) is 12.6. The second-order valence-corrected chi connectivity index (χ2v) is 4.84. The molecule has 0 saturated heterocycles. The fraction of sp³-hybridized carbons (Fsp3) is 0.273. The third-order valence-corrected chi connectivity index (χ3v) is 3.30. The van der Waals surface area contributed by atoms with Crippen molar-refractivity contribution in [2.45, 2.75) is 20.0 Å². The lowest BCUT2D eigenvalue weighted by Crippen LogP contribution is -2.13. The number of nitro groups is 1. The molecule has 0 aliphatic rings. The lowest BCUT2D eigenvalue weighted by molar-refractivity contribution is -0.380. The molecule has 2 aromatic heterocycles. The molecule has 0 aromatic carbocycles. The van der Waals surface area contributed by atoms with Crippen LogP contribution in [-0.2, 0) is 13.1 Å². The second kappa shape index (κ2) is 5.65. The number of aromatic nitrogens is 2. The summed E-state index contributed by atoms with van der Waals surface area (Å²) >= 11 is 1.18. The van der Waals surface area contributed by atoms with Crippen molar-refractivity contribution < 1.29 is 4.92 Å². The first-order chi connectivity index (χ1) is 8.65. The summed E-state index contributed by atoms with van der Waals surface area (Å²) in [5.74, 6) is 0.737. The van der Waals surface area contributed by atoms with Gasteiger partial charge in [-0.1, -0.05) is 11.3 Å². The number of rotatable bonds is 5. The van der Waals surface area contributed by atoms with Crippen LogP contribution in [0.1, 0.15) is 16.4 Å². The Balaban J connectivity index is 1.86. The topological polar surface area (TPSA) is 81.0 Å². The maximum atomic E-state index is 10.5. The summed E-state index contributed by atoms with van der Waals surface area (Å²) in [5, 5.41) is 13.9. The molecule has 0 unspecified atom stereocenters. The Bertz CT molecular complexity index is 555. The molecule has 0 fully saturated rings. The maximum Gasteiger partial charge on any atom is 0.324 e. The molecule has 0 spiro atoms. The molecule has 7 heteroatoms. The molecule has 0 aliphatic heterocycles. The largest absolute Gasteiger partial charge is 0.324 e. The van der Waals surface area contributed by atoms with Crippen molar-refractivity contribution in [3.8, 4) is 0 Å². The predicted molar refractivity (Wildman–Crippen MR) is 68.3 cm³/mol. The van der Waals surface area contributed by atoms with Crippen LogP contribution in [0.2, 0.25) is 0 Å². The third-order valence-electron chi connectivity index (χ3n) is 2.27. The predicted octanol–water partition coefficient (Wildman–Crippen LogP) is 2.04. The van der Waals surface area contributed by atoms with Crippen LogP contribution in [0.5, 0.6) is 0 Å². The van der Waals surface area contributed by atoms with Gasteiger partial charge in [0.25, 0.3) is 0 Å². The Morgan fingerprint density at radius 1 is 1.39 bits per heavy atom. The number of thiophene rings is 1. The molecule has 6 nitrogen and oxygen atoms in total. The maximum absolute atomic E-state index is 10.5. The van der Waals surface area contributed by atoms with Gasteiger partial charge in [-0.3, -0.25) is 10.1 Å². The highest BCUT2D eigenvalue weighted by molar-refractivity contribution is 7.15. The molecule has 1 N–H and O–H groups in total. The van der Waals surface area contributed by atoms with E-state index in [0.29, 0.717) is 13.1 Å². The highest BCUT2D eigenvalue weighted by Gasteiger charge is 2.09. The molecular formula is C11H12N4O2S. The highest BCUT2D eigenvalue weighted by atomic mass is 32.1. The van der Waals surface area contributed by atoms with Crippen molar-refractivity contribution in [1.29, 1.82) is 0 Å². The van der Waals surface area contributed by atoms with Gasteiger partial charge < -0.3 is 5.32 Å². The van der Waals surface area contributed by atoms with Crippen LogP contribution in [-0.4, -0.2) is 14.9 Å². The summed E-state index contributed by atoms with van der Waals surface area (Å²) in [6, 6.07) is 5.13. The lowest BCUT2D eigenvalue weighted by Gasteiger charge is -2.02. The molecule has 0 saturated carbocycles. The van der Waals surface area contributed by atoms with E-state index in [9.17, 15) is 10.1 Å². The van der Waals surface area contributed by atoms with Crippen molar-refractivity contribution >= 4 is 16.3 Å². The van der Waals surface area contributed by atoms with E-state index in [-0.39, 0.29) is 9.92 Å². The van der Waals surface area contributed by atoms with Crippen molar-refractivity contribution in [2.75, 3.05) is 0 Å². The summed E-state index contributed by atoms with van der Waals surface area (Å²) in [6.45, 7) is 3.06. The average Bonchev–Trinajstić information content (AvgIpc) is 2.78. The zero-order valence-corrected chi connectivity index (χ0v) is 10.6. The molecule has 2 heterocycles. The van der Waals surface area contributed by atoms with Gasteiger partial charge in [-0.25, -0.2) is 9.97 Å². The fourth-order valence-electron chi connectivity index (χ4n) is 1.48. The van der Waals surface area contributed by atoms with Crippen molar-refractivity contribution in [3.63, 3.8) is 0 Å². The molecule has 0 amide bonds. The van der Waals surface area contributed by atoms with Crippen LogP contribution in [0.25, 0.3) is 0 Å². The number of aryl methyl sites for hydroxylation is 1. The van der Waals surface area contributed by atoms with E-state index in [1.54, 1.807) is 12.3 Å². The Morgan fingerprint density at radius 2 is 2.22 bits per heavy atom. The molecule has 0 atom stereocenters. The SMILES string of the molecule is Cc1nccc(CNCc2ccc([N+](=O)[O-])s2)n1. The minimum absolute atomic E-state index is 0.171. The monoisotopic (exact) mass is 264 g/mol. The van der Waals surface area contributed by atoms with Gasteiger partial charge in [0.2, 0.25) is 0 Å². The van der Waals surface area contributed by atoms with Crippen molar-refractivity contribution in [3.05, 3.63) is 50.9 Å². The van der Waals surface area contributed by atoms with Crippen molar-refractivity contribution in [1.82, 2.24) is 15.3 Å². The van der Waals surface area contributed by atoms with Gasteiger partial charge in [-0.2, -0.15) is 0 Å². The summed E-state index contributed by atoms with van der Waals surface area (Å²) in [5.41, 5.74) is 0.911. The van der Waals surface area contributed by atoms with Gasteiger partial charge in [0.15, 0.2) is 0 Å². The lowest BCUT2D eigenvalue weighted by atomic mass is 10.4. The minimum Gasteiger partial charge on any atom is -0.306 e. The normalized spacial score (nSPS) is 10.5. The van der Waals surface area contributed by atoms with Gasteiger partial charge in [0, 0.05) is 30.2 Å². The zero-order valence-electron chi connectivity index (χ0n) is 9.79. The van der Waals surface area contributed by atoms with Crippen molar-refractivity contribution in [2.24, 2.45) is 0 Å². The van der Waals surface area contributed by atoms with Crippen LogP contribution in [0, 0.1) is 17.0 Å². The number of nitrogens with zero attached hydrogens (tertiary/aromatic N) is 3. The summed E-state index contributed by atoms with van der Waals surface area (Å²) in [6.07, 6.45) is 1.72. The zero-order chi connectivity index (χ0) is 13.0. The quantitative estimate of drug-likeness (QED) is 0.660. The van der Waals surface area contributed by atoms with Gasteiger partial charge >= 0.3 is 5.00 Å². The molecule has 2 rings (SSSR count). The molecule has 0 bridgehead atoms. The van der Waals surface area contributed by atoms with Crippen LogP contribution >= 0.6 is 11.3 Å². The van der Waals surface area contributed by atoms with E-state index < -0.39 is 0 Å². The van der Waals surface area contributed by atoms with E-state index >= 15 is 0 Å². The molecular weight excluding hydrogens is 252 g/mol. The third kappa shape index (κ3) is 3.31. The average molecular weight is 264 g/mol. The number of hydrogen-bond acceptors (Lipinski definition) is 6. The summed E-state index contributed by atoms with van der Waals surface area (Å²) in [4.78, 5) is 19.4. The fourth-order valence-corrected chi connectivity index (χ4v) is 2.27. The summed E-state index contributed by atoms with van der Waals surface area (Å²) < 4.78 is 0. The van der Waals surface area contributed by atoms with E-state index in [0.717, 1.165) is 16.4 Å². The van der Waals surface area contributed by atoms with Gasteiger partial charge in [0.1, 0.15) is 5.82 Å². The smallest absolute Gasteiger partial charge is 0.306 e. The molecule has 0 aliphatic carbocycles. The Hall–Kier alpha value is -1.86. The Labute approximate surface area is 108 Å². The molecule has 94 valence electrons. The first-order valence-electron chi connectivity index (χ1n) is 5.37. The Morgan fingerprint density at radius 3 is 2.89 bits per heavy atom. The van der Waals surface area contributed by atoms with E-state index in [1.165, 1.54) is 17.4 Å². The Kier molecular flexibility index (Phi) is 3.96. The molecule has 2 aromatic rings. The van der Waals surface area contributed by atoms with E-state index in [1.807, 2.05) is 13.0 Å². The van der Waals surface area contributed by atoms with E-state index in [2.05, 4.69) is 15.3 Å². The number of nitrogens with one attached hydrogen (secondary N) is 1. The standard InChI is InChI=1S/C11H12N4O2S/c1-8-13-5-4-9(14-8)6-12-7-10-2-3-11(18-10)15(16)17/h2-5,12H,6-7H2,1H3. The van der Waals surface area contributed by atoms with E-state index in [4.69, 9.17) is 0 Å². The highest BCUT2D eigenvalue weighted by Crippen LogP contribution is 2.23.